The fourth-order valence-corrected chi connectivity index (χ4v) is 2.19. The van der Waals surface area contributed by atoms with Crippen molar-refractivity contribution in [3.05, 3.63) is 0 Å². The Balaban J connectivity index is 2.30. The molecule has 1 saturated carbocycles. The van der Waals surface area contributed by atoms with Crippen LogP contribution in [0.4, 0.5) is 0 Å². The van der Waals surface area contributed by atoms with Crippen molar-refractivity contribution in [2.75, 3.05) is 13.2 Å². The highest BCUT2D eigenvalue weighted by atomic mass is 16.6. The molecule has 88 valence electrons. The topological polar surface area (TPSA) is 18.5 Å². The Bertz CT molecular complexity index is 139. The average molecular weight is 212 g/mol. The van der Waals surface area contributed by atoms with Gasteiger partial charge in [0.05, 0.1) is 0 Å². The van der Waals surface area contributed by atoms with E-state index < -0.39 is 0 Å². The maximum Gasteiger partial charge on any atom is 0.460 e. The van der Waals surface area contributed by atoms with Crippen molar-refractivity contribution in [2.45, 2.75) is 64.6 Å². The Morgan fingerprint density at radius 1 is 0.933 bits per heavy atom. The molecular formula is C12H25BO2. The zero-order valence-electron chi connectivity index (χ0n) is 10.3. The van der Waals surface area contributed by atoms with Gasteiger partial charge in [-0.1, -0.05) is 46.0 Å². The largest absolute Gasteiger partial charge is 0.460 e. The van der Waals surface area contributed by atoms with Crippen molar-refractivity contribution in [1.29, 1.82) is 0 Å². The van der Waals surface area contributed by atoms with Crippen LogP contribution in [-0.4, -0.2) is 20.3 Å². The molecule has 0 radical (unpaired) electrons. The van der Waals surface area contributed by atoms with E-state index in [1.807, 2.05) is 0 Å². The Morgan fingerprint density at radius 2 is 1.47 bits per heavy atom. The molecule has 1 aliphatic rings. The normalized spacial score (nSPS) is 18.0. The molecule has 0 saturated heterocycles. The molecule has 0 aromatic carbocycles. The lowest BCUT2D eigenvalue weighted by Crippen LogP contribution is -2.31. The van der Waals surface area contributed by atoms with Crippen LogP contribution in [0, 0.1) is 0 Å². The molecule has 3 heteroatoms. The third-order valence-electron chi connectivity index (χ3n) is 3.01. The molecule has 0 unspecified atom stereocenters. The third kappa shape index (κ3) is 5.03. The lowest BCUT2D eigenvalue weighted by Gasteiger charge is -2.26. The summed E-state index contributed by atoms with van der Waals surface area (Å²) in [6.07, 6.45) is 8.84. The average Bonchev–Trinajstić information content (AvgIpc) is 2.30. The lowest BCUT2D eigenvalue weighted by molar-refractivity contribution is 0.180. The quantitative estimate of drug-likeness (QED) is 0.599. The van der Waals surface area contributed by atoms with Crippen LogP contribution < -0.4 is 0 Å². The fourth-order valence-electron chi connectivity index (χ4n) is 2.19. The number of hydrogen-bond donors (Lipinski definition) is 0. The lowest BCUT2D eigenvalue weighted by atomic mass is 9.64. The van der Waals surface area contributed by atoms with Gasteiger partial charge in [0, 0.05) is 13.2 Å². The first kappa shape index (κ1) is 13.1. The van der Waals surface area contributed by atoms with Crippen molar-refractivity contribution in [3.63, 3.8) is 0 Å². The molecule has 2 nitrogen and oxygen atoms in total. The molecule has 0 aromatic heterocycles. The predicted molar refractivity (Wildman–Crippen MR) is 65.1 cm³/mol. The van der Waals surface area contributed by atoms with Crippen LogP contribution in [0.25, 0.3) is 0 Å². The van der Waals surface area contributed by atoms with E-state index in [0.717, 1.165) is 26.1 Å². The molecule has 0 aromatic rings. The summed E-state index contributed by atoms with van der Waals surface area (Å²) in [5.74, 6) is 0.650. The van der Waals surface area contributed by atoms with Gasteiger partial charge in [0.25, 0.3) is 0 Å². The Morgan fingerprint density at radius 3 is 1.93 bits per heavy atom. The summed E-state index contributed by atoms with van der Waals surface area (Å²) < 4.78 is 11.6. The zero-order valence-corrected chi connectivity index (χ0v) is 10.3. The van der Waals surface area contributed by atoms with Crippen molar-refractivity contribution >= 4 is 7.12 Å². The summed E-state index contributed by atoms with van der Waals surface area (Å²) >= 11 is 0. The predicted octanol–water partition coefficient (Wildman–Crippen LogP) is 3.66. The second-order valence-corrected chi connectivity index (χ2v) is 4.51. The van der Waals surface area contributed by atoms with Crippen molar-refractivity contribution < 1.29 is 9.31 Å². The summed E-state index contributed by atoms with van der Waals surface area (Å²) in [4.78, 5) is 0. The molecule has 0 aliphatic heterocycles. The van der Waals surface area contributed by atoms with Gasteiger partial charge < -0.3 is 9.31 Å². The molecular weight excluding hydrogens is 187 g/mol. The van der Waals surface area contributed by atoms with Gasteiger partial charge in [0.1, 0.15) is 0 Å². The SMILES string of the molecule is CCCOB(OCCC)C1CCCCC1. The Labute approximate surface area is 94.9 Å². The standard InChI is InChI=1S/C12H25BO2/c1-3-10-14-13(15-11-4-2)12-8-6-5-7-9-12/h12H,3-11H2,1-2H3. The smallest absolute Gasteiger partial charge is 0.411 e. The summed E-state index contributed by atoms with van der Waals surface area (Å²) in [7, 11) is 0.0743. The van der Waals surface area contributed by atoms with Crippen LogP contribution in [0.5, 0.6) is 0 Å². The van der Waals surface area contributed by atoms with Crippen molar-refractivity contribution in [2.24, 2.45) is 0 Å². The summed E-state index contributed by atoms with van der Waals surface area (Å²) in [6.45, 7) is 5.98. The van der Waals surface area contributed by atoms with Gasteiger partial charge in [0.2, 0.25) is 0 Å². The number of hydrogen-bond acceptors (Lipinski definition) is 2. The summed E-state index contributed by atoms with van der Waals surface area (Å²) in [6, 6.07) is 0. The van der Waals surface area contributed by atoms with E-state index >= 15 is 0 Å². The van der Waals surface area contributed by atoms with E-state index in [1.165, 1.54) is 32.1 Å². The molecule has 0 N–H and O–H groups in total. The monoisotopic (exact) mass is 212 g/mol. The number of rotatable bonds is 7. The Kier molecular flexibility index (Phi) is 7.11. The minimum atomic E-state index is 0.0743. The van der Waals surface area contributed by atoms with E-state index in [-0.39, 0.29) is 7.12 Å². The molecule has 1 rings (SSSR count). The summed E-state index contributed by atoms with van der Waals surface area (Å²) in [5.41, 5.74) is 0. The van der Waals surface area contributed by atoms with Crippen molar-refractivity contribution in [3.8, 4) is 0 Å². The van der Waals surface area contributed by atoms with E-state index in [1.54, 1.807) is 0 Å². The molecule has 0 amide bonds. The van der Waals surface area contributed by atoms with Gasteiger partial charge in [-0.2, -0.15) is 0 Å². The second kappa shape index (κ2) is 8.17. The van der Waals surface area contributed by atoms with Crippen LogP contribution in [0.3, 0.4) is 0 Å². The highest BCUT2D eigenvalue weighted by Crippen LogP contribution is 2.32. The zero-order chi connectivity index (χ0) is 10.9. The maximum atomic E-state index is 5.81. The molecule has 15 heavy (non-hydrogen) atoms. The molecule has 1 aliphatic carbocycles. The van der Waals surface area contributed by atoms with Gasteiger partial charge in [-0.3, -0.25) is 0 Å². The van der Waals surface area contributed by atoms with Crippen LogP contribution in [-0.2, 0) is 9.31 Å². The molecule has 0 heterocycles. The third-order valence-corrected chi connectivity index (χ3v) is 3.01. The van der Waals surface area contributed by atoms with Gasteiger partial charge in [-0.25, -0.2) is 0 Å². The second-order valence-electron chi connectivity index (χ2n) is 4.51. The Hall–Kier alpha value is -0.0151. The highest BCUT2D eigenvalue weighted by molar-refractivity contribution is 6.46. The van der Waals surface area contributed by atoms with Gasteiger partial charge >= 0.3 is 7.12 Å². The van der Waals surface area contributed by atoms with Crippen LogP contribution in [0.1, 0.15) is 58.8 Å². The maximum absolute atomic E-state index is 5.81. The minimum absolute atomic E-state index is 0.0743. The minimum Gasteiger partial charge on any atom is -0.411 e. The molecule has 0 spiro atoms. The fraction of sp³-hybridized carbons (Fsp3) is 1.00. The van der Waals surface area contributed by atoms with E-state index in [4.69, 9.17) is 9.31 Å². The first-order valence-electron chi connectivity index (χ1n) is 6.61. The van der Waals surface area contributed by atoms with E-state index in [9.17, 15) is 0 Å². The van der Waals surface area contributed by atoms with Gasteiger partial charge in [0.15, 0.2) is 0 Å². The summed E-state index contributed by atoms with van der Waals surface area (Å²) in [5, 5.41) is 0. The molecule has 1 fully saturated rings. The van der Waals surface area contributed by atoms with Gasteiger partial charge in [-0.05, 0) is 18.7 Å². The van der Waals surface area contributed by atoms with Crippen LogP contribution in [0.2, 0.25) is 5.82 Å². The van der Waals surface area contributed by atoms with Gasteiger partial charge in [-0.15, -0.1) is 0 Å². The molecule has 0 atom stereocenters. The van der Waals surface area contributed by atoms with Crippen molar-refractivity contribution in [1.82, 2.24) is 0 Å². The molecule has 0 bridgehead atoms. The first-order chi connectivity index (χ1) is 7.38. The first-order valence-corrected chi connectivity index (χ1v) is 6.61. The van der Waals surface area contributed by atoms with E-state index in [0.29, 0.717) is 5.82 Å². The van der Waals surface area contributed by atoms with Crippen LogP contribution in [0.15, 0.2) is 0 Å². The van der Waals surface area contributed by atoms with Crippen LogP contribution >= 0.6 is 0 Å². The van der Waals surface area contributed by atoms with E-state index in [2.05, 4.69) is 13.8 Å². The highest BCUT2D eigenvalue weighted by Gasteiger charge is 2.30.